The fourth-order valence-electron chi connectivity index (χ4n) is 2.59. The van der Waals surface area contributed by atoms with Crippen molar-refractivity contribution in [2.24, 2.45) is 5.73 Å². The number of sulfone groups is 1. The predicted octanol–water partition coefficient (Wildman–Crippen LogP) is -0.566. The quantitative estimate of drug-likeness (QED) is 0.757. The molecule has 1 aromatic heterocycles. The lowest BCUT2D eigenvalue weighted by Crippen LogP contribution is -2.28. The Morgan fingerprint density at radius 1 is 1.50 bits per heavy atom. The third-order valence-electron chi connectivity index (χ3n) is 3.63. The maximum absolute atomic E-state index is 11.6. The average Bonchev–Trinajstić information content (AvgIpc) is 2.82. The van der Waals surface area contributed by atoms with Gasteiger partial charge in [-0.1, -0.05) is 0 Å². The van der Waals surface area contributed by atoms with Crippen LogP contribution in [0.2, 0.25) is 0 Å². The number of nitrogens with two attached hydrogens (primary N) is 1. The van der Waals surface area contributed by atoms with Crippen LogP contribution in [0.3, 0.4) is 0 Å². The van der Waals surface area contributed by atoms with Gasteiger partial charge in [0, 0.05) is 17.8 Å². The molecule has 1 aromatic rings. The molecular weight excluding hydrogens is 280 g/mol. The average molecular weight is 300 g/mol. The van der Waals surface area contributed by atoms with Gasteiger partial charge >= 0.3 is 0 Å². The summed E-state index contributed by atoms with van der Waals surface area (Å²) in [5.41, 5.74) is 7.87. The number of aromatic nitrogens is 2. The van der Waals surface area contributed by atoms with E-state index in [-0.39, 0.29) is 24.1 Å². The minimum Gasteiger partial charge on any atom is -0.369 e. The summed E-state index contributed by atoms with van der Waals surface area (Å²) in [6.45, 7) is 4.42. The van der Waals surface area contributed by atoms with Gasteiger partial charge in [0.1, 0.15) is 0 Å². The maximum Gasteiger partial charge on any atom is 0.231 e. The highest BCUT2D eigenvalue weighted by molar-refractivity contribution is 7.91. The summed E-state index contributed by atoms with van der Waals surface area (Å²) in [5.74, 6) is -0.0245. The first-order valence-electron chi connectivity index (χ1n) is 6.54. The summed E-state index contributed by atoms with van der Waals surface area (Å²) < 4.78 is 24.9. The van der Waals surface area contributed by atoms with Gasteiger partial charge in [-0.25, -0.2) is 8.42 Å². The van der Waals surface area contributed by atoms with Crippen LogP contribution in [0.4, 0.5) is 0 Å². The highest BCUT2D eigenvalue weighted by atomic mass is 32.2. The second-order valence-corrected chi connectivity index (χ2v) is 7.45. The molecule has 0 aromatic carbocycles. The van der Waals surface area contributed by atoms with Gasteiger partial charge in [-0.05, 0) is 20.3 Å². The summed E-state index contributed by atoms with van der Waals surface area (Å²) in [5, 5.41) is 7.41. The normalized spacial score (nSPS) is 21.2. The van der Waals surface area contributed by atoms with Crippen molar-refractivity contribution in [2.75, 3.05) is 18.1 Å². The second-order valence-electron chi connectivity index (χ2n) is 5.22. The highest BCUT2D eigenvalue weighted by Gasteiger charge is 2.31. The first-order chi connectivity index (χ1) is 9.30. The Balaban J connectivity index is 2.14. The molecule has 1 amide bonds. The standard InChI is InChI=1S/C12H20N4O3S/c1-8-11(5-14-6-12(13)17)9(2)16(15-8)10-3-4-20(18,19)7-10/h10,14H,3-7H2,1-2H3,(H2,13,17). The van der Waals surface area contributed by atoms with Crippen molar-refractivity contribution in [3.8, 4) is 0 Å². The van der Waals surface area contributed by atoms with Gasteiger partial charge in [0.25, 0.3) is 0 Å². The van der Waals surface area contributed by atoms with E-state index in [9.17, 15) is 13.2 Å². The molecule has 2 rings (SSSR count). The number of nitrogens with zero attached hydrogens (tertiary/aromatic N) is 2. The summed E-state index contributed by atoms with van der Waals surface area (Å²) in [6.07, 6.45) is 0.610. The van der Waals surface area contributed by atoms with Crippen LogP contribution in [-0.4, -0.2) is 42.2 Å². The smallest absolute Gasteiger partial charge is 0.231 e. The molecule has 0 aliphatic carbocycles. The lowest BCUT2D eigenvalue weighted by atomic mass is 10.2. The Kier molecular flexibility index (Phi) is 4.14. The maximum atomic E-state index is 11.6. The number of rotatable bonds is 5. The van der Waals surface area contributed by atoms with Crippen LogP contribution in [0, 0.1) is 13.8 Å². The zero-order chi connectivity index (χ0) is 14.9. The first kappa shape index (κ1) is 15.0. The summed E-state index contributed by atoms with van der Waals surface area (Å²) in [4.78, 5) is 10.7. The summed E-state index contributed by atoms with van der Waals surface area (Å²) in [6, 6.07) is -0.0800. The van der Waals surface area contributed by atoms with Crippen LogP contribution in [-0.2, 0) is 21.2 Å². The van der Waals surface area contributed by atoms with Crippen LogP contribution >= 0.6 is 0 Å². The van der Waals surface area contributed by atoms with Crippen molar-refractivity contribution in [3.05, 3.63) is 17.0 Å². The van der Waals surface area contributed by atoms with Crippen molar-refractivity contribution in [3.63, 3.8) is 0 Å². The topological polar surface area (TPSA) is 107 Å². The SMILES string of the molecule is Cc1nn(C2CCS(=O)(=O)C2)c(C)c1CNCC(N)=O. The van der Waals surface area contributed by atoms with E-state index in [0.717, 1.165) is 17.0 Å². The summed E-state index contributed by atoms with van der Waals surface area (Å²) >= 11 is 0. The predicted molar refractivity (Wildman–Crippen MR) is 74.9 cm³/mol. The molecule has 7 nitrogen and oxygen atoms in total. The fraction of sp³-hybridized carbons (Fsp3) is 0.667. The van der Waals surface area contributed by atoms with Gasteiger partial charge in [0.2, 0.25) is 5.91 Å². The molecule has 1 unspecified atom stereocenters. The summed E-state index contributed by atoms with van der Waals surface area (Å²) in [7, 11) is -2.93. The minimum atomic E-state index is -2.93. The Morgan fingerprint density at radius 2 is 2.20 bits per heavy atom. The number of primary amides is 1. The van der Waals surface area contributed by atoms with Gasteiger partial charge in [0.15, 0.2) is 9.84 Å². The molecular formula is C12H20N4O3S. The molecule has 0 bridgehead atoms. The molecule has 1 fully saturated rings. The Labute approximate surface area is 118 Å². The van der Waals surface area contributed by atoms with E-state index in [1.165, 1.54) is 0 Å². The third kappa shape index (κ3) is 3.18. The zero-order valence-corrected chi connectivity index (χ0v) is 12.5. The van der Waals surface area contributed by atoms with Gasteiger partial charge in [-0.3, -0.25) is 9.48 Å². The molecule has 0 spiro atoms. The van der Waals surface area contributed by atoms with E-state index in [1.807, 2.05) is 13.8 Å². The molecule has 20 heavy (non-hydrogen) atoms. The molecule has 3 N–H and O–H groups in total. The van der Waals surface area contributed by atoms with Crippen LogP contribution in [0.25, 0.3) is 0 Å². The van der Waals surface area contributed by atoms with Crippen molar-refractivity contribution in [1.82, 2.24) is 15.1 Å². The van der Waals surface area contributed by atoms with Gasteiger partial charge in [0.05, 0.1) is 29.8 Å². The molecule has 0 saturated carbocycles. The van der Waals surface area contributed by atoms with Crippen molar-refractivity contribution in [2.45, 2.75) is 32.9 Å². The van der Waals surface area contributed by atoms with Gasteiger partial charge in [-0.15, -0.1) is 0 Å². The minimum absolute atomic E-state index is 0.0800. The number of nitrogens with one attached hydrogen (secondary N) is 1. The third-order valence-corrected chi connectivity index (χ3v) is 5.38. The van der Waals surface area contributed by atoms with Crippen LogP contribution in [0.15, 0.2) is 0 Å². The first-order valence-corrected chi connectivity index (χ1v) is 8.36. The van der Waals surface area contributed by atoms with E-state index < -0.39 is 15.7 Å². The number of carbonyl (C=O) groups is 1. The van der Waals surface area contributed by atoms with Crippen molar-refractivity contribution < 1.29 is 13.2 Å². The number of aryl methyl sites for hydroxylation is 1. The molecule has 1 aliphatic heterocycles. The lowest BCUT2D eigenvalue weighted by molar-refractivity contribution is -0.117. The number of hydrogen-bond donors (Lipinski definition) is 2. The monoisotopic (exact) mass is 300 g/mol. The lowest BCUT2D eigenvalue weighted by Gasteiger charge is -2.11. The Hall–Kier alpha value is -1.41. The van der Waals surface area contributed by atoms with E-state index in [2.05, 4.69) is 10.4 Å². The van der Waals surface area contributed by atoms with E-state index in [4.69, 9.17) is 5.73 Å². The highest BCUT2D eigenvalue weighted by Crippen LogP contribution is 2.26. The fourth-order valence-corrected chi connectivity index (χ4v) is 4.28. The Morgan fingerprint density at radius 3 is 2.75 bits per heavy atom. The number of amides is 1. The molecule has 0 radical (unpaired) electrons. The Bertz CT molecular complexity index is 621. The molecule has 8 heteroatoms. The van der Waals surface area contributed by atoms with Crippen LogP contribution in [0.1, 0.15) is 29.4 Å². The molecule has 2 heterocycles. The van der Waals surface area contributed by atoms with E-state index in [1.54, 1.807) is 4.68 Å². The van der Waals surface area contributed by atoms with Gasteiger partial charge in [-0.2, -0.15) is 5.10 Å². The zero-order valence-electron chi connectivity index (χ0n) is 11.7. The second kappa shape index (κ2) is 5.53. The molecule has 1 atom stereocenters. The van der Waals surface area contributed by atoms with Crippen molar-refractivity contribution in [1.29, 1.82) is 0 Å². The van der Waals surface area contributed by atoms with E-state index >= 15 is 0 Å². The van der Waals surface area contributed by atoms with E-state index in [0.29, 0.717) is 13.0 Å². The number of carbonyl (C=O) groups excluding carboxylic acids is 1. The largest absolute Gasteiger partial charge is 0.369 e. The molecule has 112 valence electrons. The van der Waals surface area contributed by atoms with Crippen LogP contribution < -0.4 is 11.1 Å². The molecule has 1 saturated heterocycles. The van der Waals surface area contributed by atoms with Crippen LogP contribution in [0.5, 0.6) is 0 Å². The van der Waals surface area contributed by atoms with Crippen molar-refractivity contribution >= 4 is 15.7 Å². The number of hydrogen-bond acceptors (Lipinski definition) is 5. The molecule has 1 aliphatic rings. The van der Waals surface area contributed by atoms with Gasteiger partial charge < -0.3 is 11.1 Å².